The molecule has 0 radical (unpaired) electrons. The van der Waals surface area contributed by atoms with E-state index in [9.17, 15) is 9.90 Å². The number of hydrogen-bond donors (Lipinski definition) is 2. The predicted molar refractivity (Wildman–Crippen MR) is 74.8 cm³/mol. The van der Waals surface area contributed by atoms with E-state index in [2.05, 4.69) is 0 Å². The molecule has 0 unspecified atom stereocenters. The topological polar surface area (TPSA) is 68.2 Å². The first-order valence-corrected chi connectivity index (χ1v) is 6.70. The van der Waals surface area contributed by atoms with Crippen LogP contribution in [0.2, 0.25) is 10.0 Å². The van der Waals surface area contributed by atoms with Gasteiger partial charge in [-0.25, -0.2) is 0 Å². The van der Waals surface area contributed by atoms with Crippen LogP contribution in [0.15, 0.2) is 23.0 Å². The van der Waals surface area contributed by atoms with Gasteiger partial charge < -0.3 is 10.8 Å². The zero-order valence-corrected chi connectivity index (χ0v) is 11.5. The van der Waals surface area contributed by atoms with Gasteiger partial charge in [-0.3, -0.25) is 9.36 Å². The third kappa shape index (κ3) is 2.40. The van der Waals surface area contributed by atoms with Crippen LogP contribution >= 0.6 is 34.5 Å². The van der Waals surface area contributed by atoms with Crippen LogP contribution in [0.5, 0.6) is 5.88 Å². The lowest BCUT2D eigenvalue weighted by Crippen LogP contribution is -2.18. The van der Waals surface area contributed by atoms with E-state index in [1.807, 2.05) is 0 Å². The van der Waals surface area contributed by atoms with E-state index in [0.29, 0.717) is 20.5 Å². The highest BCUT2D eigenvalue weighted by Crippen LogP contribution is 2.35. The molecule has 0 atom stereocenters. The number of nitrogens with two attached hydrogens (primary N) is 1. The number of benzene rings is 1. The number of hydrogen-bond acceptors (Lipinski definition) is 4. The minimum absolute atomic E-state index is 0.0890. The summed E-state index contributed by atoms with van der Waals surface area (Å²) in [7, 11) is 0. The zero-order valence-electron chi connectivity index (χ0n) is 9.19. The Kier molecular flexibility index (Phi) is 3.97. The van der Waals surface area contributed by atoms with E-state index in [1.165, 1.54) is 4.57 Å². The molecule has 0 aliphatic rings. The van der Waals surface area contributed by atoms with Crippen LogP contribution < -0.4 is 10.6 Å². The summed E-state index contributed by atoms with van der Waals surface area (Å²) in [6.07, 6.45) is 0. The molecular formula is C11H10Cl2N2O2S. The molecule has 18 heavy (non-hydrogen) atoms. The van der Waals surface area contributed by atoms with Gasteiger partial charge in [-0.05, 0) is 17.7 Å². The molecule has 1 heterocycles. The molecule has 0 aliphatic carbocycles. The van der Waals surface area contributed by atoms with Crippen LogP contribution in [0.1, 0.15) is 0 Å². The molecule has 0 aliphatic heterocycles. The standard InChI is InChI=1S/C11H10Cl2N2O2S/c12-7-2-1-6(5-8(7)13)9-10(16)15(4-3-14)11(17)18-9/h1-2,5,16H,3-4,14H2. The number of halogens is 2. The van der Waals surface area contributed by atoms with Gasteiger partial charge in [-0.15, -0.1) is 0 Å². The molecule has 0 bridgehead atoms. The third-order valence-electron chi connectivity index (χ3n) is 2.40. The van der Waals surface area contributed by atoms with Crippen molar-refractivity contribution in [1.82, 2.24) is 4.57 Å². The van der Waals surface area contributed by atoms with Gasteiger partial charge in [0.15, 0.2) is 0 Å². The van der Waals surface area contributed by atoms with Gasteiger partial charge in [-0.1, -0.05) is 40.6 Å². The van der Waals surface area contributed by atoms with Crippen LogP contribution in [0, 0.1) is 0 Å². The highest BCUT2D eigenvalue weighted by atomic mass is 35.5. The van der Waals surface area contributed by atoms with Gasteiger partial charge in [0, 0.05) is 13.1 Å². The van der Waals surface area contributed by atoms with E-state index >= 15 is 0 Å². The van der Waals surface area contributed by atoms with E-state index in [0.717, 1.165) is 11.3 Å². The van der Waals surface area contributed by atoms with Crippen LogP contribution in [-0.4, -0.2) is 16.2 Å². The second-order valence-electron chi connectivity index (χ2n) is 3.59. The van der Waals surface area contributed by atoms with E-state index < -0.39 is 0 Å². The summed E-state index contributed by atoms with van der Waals surface area (Å²) >= 11 is 12.7. The molecule has 4 nitrogen and oxygen atoms in total. The fourth-order valence-electron chi connectivity index (χ4n) is 1.55. The summed E-state index contributed by atoms with van der Waals surface area (Å²) in [5, 5.41) is 10.8. The van der Waals surface area contributed by atoms with Gasteiger partial charge in [0.1, 0.15) is 0 Å². The first-order valence-electron chi connectivity index (χ1n) is 5.12. The number of aromatic hydroxyl groups is 1. The monoisotopic (exact) mass is 304 g/mol. The quantitative estimate of drug-likeness (QED) is 0.915. The molecule has 96 valence electrons. The summed E-state index contributed by atoms with van der Waals surface area (Å²) in [5.74, 6) is -0.0890. The van der Waals surface area contributed by atoms with E-state index in [4.69, 9.17) is 28.9 Å². The van der Waals surface area contributed by atoms with Gasteiger partial charge in [0.2, 0.25) is 5.88 Å². The molecule has 1 aromatic carbocycles. The molecule has 2 aromatic rings. The number of aromatic nitrogens is 1. The Labute approximate surface area is 117 Å². The molecule has 0 fully saturated rings. The fourth-order valence-corrected chi connectivity index (χ4v) is 2.76. The smallest absolute Gasteiger partial charge is 0.310 e. The van der Waals surface area contributed by atoms with Crippen molar-refractivity contribution in [2.75, 3.05) is 6.54 Å². The number of rotatable bonds is 3. The van der Waals surface area contributed by atoms with E-state index in [-0.39, 0.29) is 23.8 Å². The zero-order chi connectivity index (χ0) is 13.3. The Bertz CT molecular complexity index is 636. The molecule has 0 saturated heterocycles. The van der Waals surface area contributed by atoms with Gasteiger partial charge >= 0.3 is 4.87 Å². The van der Waals surface area contributed by atoms with Crippen molar-refractivity contribution in [2.24, 2.45) is 5.73 Å². The Hall–Kier alpha value is -1.01. The van der Waals surface area contributed by atoms with Gasteiger partial charge in [0.05, 0.1) is 14.9 Å². The summed E-state index contributed by atoms with van der Waals surface area (Å²) < 4.78 is 1.24. The maximum absolute atomic E-state index is 11.7. The molecule has 2 rings (SSSR count). The van der Waals surface area contributed by atoms with Crippen molar-refractivity contribution < 1.29 is 5.11 Å². The molecule has 1 aromatic heterocycles. The summed E-state index contributed by atoms with van der Waals surface area (Å²) in [6, 6.07) is 4.93. The first-order chi connectivity index (χ1) is 8.54. The second kappa shape index (κ2) is 5.32. The highest BCUT2D eigenvalue weighted by molar-refractivity contribution is 7.13. The van der Waals surface area contributed by atoms with Gasteiger partial charge in [0.25, 0.3) is 0 Å². The lowest BCUT2D eigenvalue weighted by Gasteiger charge is -2.03. The molecule has 0 spiro atoms. The average molecular weight is 305 g/mol. The van der Waals surface area contributed by atoms with Crippen LogP contribution in [0.4, 0.5) is 0 Å². The normalized spacial score (nSPS) is 10.8. The van der Waals surface area contributed by atoms with Crippen LogP contribution in [-0.2, 0) is 6.54 Å². The Morgan fingerprint density at radius 3 is 2.67 bits per heavy atom. The van der Waals surface area contributed by atoms with Crippen molar-refractivity contribution >= 4 is 34.5 Å². The summed E-state index contributed by atoms with van der Waals surface area (Å²) in [6.45, 7) is 0.563. The molecule has 0 saturated carbocycles. The molecule has 0 amide bonds. The van der Waals surface area contributed by atoms with Crippen molar-refractivity contribution in [3.05, 3.63) is 37.9 Å². The predicted octanol–water partition coefficient (Wildman–Crippen LogP) is 2.55. The third-order valence-corrected chi connectivity index (χ3v) is 4.16. The van der Waals surface area contributed by atoms with Crippen LogP contribution in [0.3, 0.4) is 0 Å². The molecular weight excluding hydrogens is 295 g/mol. The largest absolute Gasteiger partial charge is 0.493 e. The van der Waals surface area contributed by atoms with Crippen molar-refractivity contribution in [3.8, 4) is 16.3 Å². The Morgan fingerprint density at radius 2 is 2.06 bits per heavy atom. The molecule has 3 N–H and O–H groups in total. The molecule has 7 heteroatoms. The summed E-state index contributed by atoms with van der Waals surface area (Å²) in [5.41, 5.74) is 6.04. The fraction of sp³-hybridized carbons (Fsp3) is 0.182. The minimum atomic E-state index is -0.251. The van der Waals surface area contributed by atoms with Crippen molar-refractivity contribution in [2.45, 2.75) is 6.54 Å². The van der Waals surface area contributed by atoms with Gasteiger partial charge in [-0.2, -0.15) is 0 Å². The number of thiazole rings is 1. The Morgan fingerprint density at radius 1 is 1.33 bits per heavy atom. The van der Waals surface area contributed by atoms with Crippen LogP contribution in [0.25, 0.3) is 10.4 Å². The Balaban J connectivity index is 2.54. The average Bonchev–Trinajstić information content (AvgIpc) is 2.61. The lowest BCUT2D eigenvalue weighted by atomic mass is 10.2. The van der Waals surface area contributed by atoms with E-state index in [1.54, 1.807) is 18.2 Å². The maximum Gasteiger partial charge on any atom is 0.310 e. The summed E-state index contributed by atoms with van der Waals surface area (Å²) in [4.78, 5) is 11.9. The first kappa shape index (κ1) is 13.4. The van der Waals surface area contributed by atoms with Crippen molar-refractivity contribution in [3.63, 3.8) is 0 Å². The SMILES string of the molecule is NCCn1c(O)c(-c2ccc(Cl)c(Cl)c2)sc1=O. The van der Waals surface area contributed by atoms with Crippen molar-refractivity contribution in [1.29, 1.82) is 0 Å². The maximum atomic E-state index is 11.7. The highest BCUT2D eigenvalue weighted by Gasteiger charge is 2.15. The minimum Gasteiger partial charge on any atom is -0.493 e. The lowest BCUT2D eigenvalue weighted by molar-refractivity contribution is 0.417. The number of nitrogens with zero attached hydrogens (tertiary/aromatic N) is 1. The second-order valence-corrected chi connectivity index (χ2v) is 5.37.